The summed E-state index contributed by atoms with van der Waals surface area (Å²) in [6, 6.07) is 0.625. The number of hydrogen-bond donors (Lipinski definition) is 1. The van der Waals surface area contributed by atoms with E-state index in [1.807, 2.05) is 0 Å². The average Bonchev–Trinajstić information content (AvgIpc) is 2.11. The van der Waals surface area contributed by atoms with Gasteiger partial charge in [0.25, 0.3) is 0 Å². The highest BCUT2D eigenvalue weighted by Crippen LogP contribution is 2.10. The van der Waals surface area contributed by atoms with E-state index in [0.29, 0.717) is 6.04 Å². The molecule has 0 bridgehead atoms. The van der Waals surface area contributed by atoms with Gasteiger partial charge in [0.1, 0.15) is 0 Å². The van der Waals surface area contributed by atoms with E-state index in [-0.39, 0.29) is 0 Å². The van der Waals surface area contributed by atoms with Crippen LogP contribution in [0.1, 0.15) is 33.6 Å². The van der Waals surface area contributed by atoms with Gasteiger partial charge in [0.2, 0.25) is 0 Å². The first-order valence-electron chi connectivity index (χ1n) is 4.98. The number of rotatable bonds is 7. The molecule has 0 rings (SSSR count). The van der Waals surface area contributed by atoms with Gasteiger partial charge in [-0.2, -0.15) is 0 Å². The third kappa shape index (κ3) is 4.73. The minimum atomic E-state index is 0.625. The summed E-state index contributed by atoms with van der Waals surface area (Å²) in [5.74, 6) is 0.750. The van der Waals surface area contributed by atoms with E-state index in [4.69, 9.17) is 4.74 Å². The van der Waals surface area contributed by atoms with Gasteiger partial charge in [0, 0.05) is 19.8 Å². The third-order valence-corrected chi connectivity index (χ3v) is 2.43. The van der Waals surface area contributed by atoms with Gasteiger partial charge < -0.3 is 10.1 Å². The minimum absolute atomic E-state index is 0.625. The Hall–Kier alpha value is -0.0800. The largest absolute Gasteiger partial charge is 0.385 e. The molecule has 0 fully saturated rings. The summed E-state index contributed by atoms with van der Waals surface area (Å²) in [6.07, 6.45) is 2.36. The topological polar surface area (TPSA) is 21.3 Å². The number of methoxy groups -OCH3 is 1. The molecule has 2 nitrogen and oxygen atoms in total. The fraction of sp³-hybridized carbons (Fsp3) is 1.00. The second kappa shape index (κ2) is 7.56. The lowest BCUT2D eigenvalue weighted by Crippen LogP contribution is -2.35. The third-order valence-electron chi connectivity index (χ3n) is 2.43. The van der Waals surface area contributed by atoms with E-state index in [9.17, 15) is 0 Å². The van der Waals surface area contributed by atoms with Crippen LogP contribution in [0.3, 0.4) is 0 Å². The molecule has 0 saturated carbocycles. The Kier molecular flexibility index (Phi) is 7.51. The van der Waals surface area contributed by atoms with Gasteiger partial charge >= 0.3 is 0 Å². The zero-order valence-electron chi connectivity index (χ0n) is 8.89. The average molecular weight is 173 g/mol. The SMILES string of the molecule is CCNC(CCOC)C(C)CC. The van der Waals surface area contributed by atoms with Crippen molar-refractivity contribution in [2.24, 2.45) is 5.92 Å². The molecule has 12 heavy (non-hydrogen) atoms. The van der Waals surface area contributed by atoms with Crippen LogP contribution in [-0.2, 0) is 4.74 Å². The molecule has 0 spiro atoms. The van der Waals surface area contributed by atoms with Crippen LogP contribution in [0.5, 0.6) is 0 Å². The van der Waals surface area contributed by atoms with Crippen molar-refractivity contribution < 1.29 is 4.74 Å². The van der Waals surface area contributed by atoms with Gasteiger partial charge in [0.05, 0.1) is 0 Å². The lowest BCUT2D eigenvalue weighted by atomic mass is 9.97. The van der Waals surface area contributed by atoms with Crippen molar-refractivity contribution in [1.29, 1.82) is 0 Å². The summed E-state index contributed by atoms with van der Waals surface area (Å²) < 4.78 is 5.07. The van der Waals surface area contributed by atoms with Crippen LogP contribution >= 0.6 is 0 Å². The Morgan fingerprint density at radius 3 is 2.42 bits per heavy atom. The first kappa shape index (κ1) is 11.9. The van der Waals surface area contributed by atoms with Gasteiger partial charge in [-0.05, 0) is 18.9 Å². The van der Waals surface area contributed by atoms with E-state index in [1.165, 1.54) is 6.42 Å². The maximum Gasteiger partial charge on any atom is 0.0477 e. The van der Waals surface area contributed by atoms with Crippen LogP contribution in [0.4, 0.5) is 0 Å². The quantitative estimate of drug-likeness (QED) is 0.636. The molecule has 74 valence electrons. The van der Waals surface area contributed by atoms with E-state index in [1.54, 1.807) is 7.11 Å². The molecule has 0 aliphatic rings. The normalized spacial score (nSPS) is 16.0. The minimum Gasteiger partial charge on any atom is -0.385 e. The first-order chi connectivity index (χ1) is 5.76. The van der Waals surface area contributed by atoms with Crippen molar-refractivity contribution in [2.45, 2.75) is 39.7 Å². The molecule has 0 aromatic carbocycles. The molecule has 0 saturated heterocycles. The molecular weight excluding hydrogens is 150 g/mol. The predicted octanol–water partition coefficient (Wildman–Crippen LogP) is 2.05. The Balaban J connectivity index is 3.68. The van der Waals surface area contributed by atoms with Crippen molar-refractivity contribution >= 4 is 0 Å². The van der Waals surface area contributed by atoms with Gasteiger partial charge in [-0.1, -0.05) is 27.2 Å². The molecule has 0 aromatic heterocycles. The Morgan fingerprint density at radius 1 is 1.33 bits per heavy atom. The van der Waals surface area contributed by atoms with Crippen LogP contribution in [-0.4, -0.2) is 26.3 Å². The maximum atomic E-state index is 5.07. The van der Waals surface area contributed by atoms with E-state index in [0.717, 1.165) is 25.5 Å². The molecule has 0 amide bonds. The monoisotopic (exact) mass is 173 g/mol. The summed E-state index contributed by atoms with van der Waals surface area (Å²) in [6.45, 7) is 8.60. The molecule has 2 unspecified atom stereocenters. The van der Waals surface area contributed by atoms with Gasteiger partial charge in [-0.15, -0.1) is 0 Å². The van der Waals surface area contributed by atoms with Crippen LogP contribution in [0.15, 0.2) is 0 Å². The highest BCUT2D eigenvalue weighted by atomic mass is 16.5. The fourth-order valence-corrected chi connectivity index (χ4v) is 1.38. The molecule has 2 heteroatoms. The van der Waals surface area contributed by atoms with Crippen LogP contribution in [0.25, 0.3) is 0 Å². The second-order valence-electron chi connectivity index (χ2n) is 3.33. The Bertz CT molecular complexity index is 95.8. The smallest absolute Gasteiger partial charge is 0.0477 e. The highest BCUT2D eigenvalue weighted by molar-refractivity contribution is 4.71. The maximum absolute atomic E-state index is 5.07. The molecule has 0 aromatic rings. The van der Waals surface area contributed by atoms with Crippen LogP contribution in [0, 0.1) is 5.92 Å². The summed E-state index contributed by atoms with van der Waals surface area (Å²) in [7, 11) is 1.76. The van der Waals surface area contributed by atoms with Crippen molar-refractivity contribution in [3.8, 4) is 0 Å². The van der Waals surface area contributed by atoms with Crippen molar-refractivity contribution in [3.05, 3.63) is 0 Å². The fourth-order valence-electron chi connectivity index (χ4n) is 1.38. The number of ether oxygens (including phenoxy) is 1. The lowest BCUT2D eigenvalue weighted by Gasteiger charge is -2.23. The molecule has 0 aliphatic heterocycles. The summed E-state index contributed by atoms with van der Waals surface area (Å²) >= 11 is 0. The Labute approximate surface area is 76.7 Å². The van der Waals surface area contributed by atoms with Gasteiger partial charge in [-0.25, -0.2) is 0 Å². The van der Waals surface area contributed by atoms with E-state index >= 15 is 0 Å². The lowest BCUT2D eigenvalue weighted by molar-refractivity contribution is 0.171. The molecule has 2 atom stereocenters. The standard InChI is InChI=1S/C10H23NO/c1-5-9(3)10(11-6-2)7-8-12-4/h9-11H,5-8H2,1-4H3. The zero-order valence-corrected chi connectivity index (χ0v) is 8.89. The molecule has 0 aliphatic carbocycles. The van der Waals surface area contributed by atoms with Crippen LogP contribution in [0.2, 0.25) is 0 Å². The van der Waals surface area contributed by atoms with Crippen molar-refractivity contribution in [2.75, 3.05) is 20.3 Å². The van der Waals surface area contributed by atoms with Crippen molar-refractivity contribution in [1.82, 2.24) is 5.32 Å². The van der Waals surface area contributed by atoms with E-state index < -0.39 is 0 Å². The first-order valence-corrected chi connectivity index (χ1v) is 4.98. The summed E-state index contributed by atoms with van der Waals surface area (Å²) in [5.41, 5.74) is 0. The molecule has 0 heterocycles. The molecule has 1 N–H and O–H groups in total. The molecular formula is C10H23NO. The summed E-state index contributed by atoms with van der Waals surface area (Å²) in [4.78, 5) is 0. The number of nitrogens with one attached hydrogen (secondary N) is 1. The van der Waals surface area contributed by atoms with Gasteiger partial charge in [0.15, 0.2) is 0 Å². The molecule has 0 radical (unpaired) electrons. The predicted molar refractivity (Wildman–Crippen MR) is 53.4 cm³/mol. The van der Waals surface area contributed by atoms with Crippen LogP contribution < -0.4 is 5.32 Å². The van der Waals surface area contributed by atoms with Gasteiger partial charge in [-0.3, -0.25) is 0 Å². The number of hydrogen-bond acceptors (Lipinski definition) is 2. The Morgan fingerprint density at radius 2 is 2.00 bits per heavy atom. The zero-order chi connectivity index (χ0) is 9.40. The van der Waals surface area contributed by atoms with Crippen molar-refractivity contribution in [3.63, 3.8) is 0 Å². The summed E-state index contributed by atoms with van der Waals surface area (Å²) in [5, 5.41) is 3.49. The van der Waals surface area contributed by atoms with E-state index in [2.05, 4.69) is 26.1 Å². The highest BCUT2D eigenvalue weighted by Gasteiger charge is 2.13. The second-order valence-corrected chi connectivity index (χ2v) is 3.33.